The Balaban J connectivity index is 2.49. The van der Waals surface area contributed by atoms with Gasteiger partial charge in [-0.1, -0.05) is 18.2 Å². The van der Waals surface area contributed by atoms with E-state index in [2.05, 4.69) is 0 Å². The fraction of sp³-hybridized carbons (Fsp3) is 0.286. The smallest absolute Gasteiger partial charge is 0.233 e. The molecule has 0 N–H and O–H groups in total. The van der Waals surface area contributed by atoms with Gasteiger partial charge in [0.1, 0.15) is 0 Å². The molecule has 0 fully saturated rings. The van der Waals surface area contributed by atoms with Gasteiger partial charge < -0.3 is 0 Å². The van der Waals surface area contributed by atoms with Crippen LogP contribution in [0.1, 0.15) is 28.8 Å². The number of carbonyl (C=O) groups excluding carboxylic acids is 4. The van der Waals surface area contributed by atoms with E-state index in [1.165, 1.54) is 36.0 Å². The van der Waals surface area contributed by atoms with Crippen LogP contribution in [0, 0.1) is 0 Å². The molecule has 0 spiro atoms. The molecule has 98 valence electrons. The molecule has 4 nitrogen and oxygen atoms in total. The van der Waals surface area contributed by atoms with E-state index in [4.69, 9.17) is 0 Å². The first-order chi connectivity index (χ1) is 9.19. The number of rotatable bonds is 9. The third-order valence-electron chi connectivity index (χ3n) is 2.32. The number of ketones is 2. The Kier molecular flexibility index (Phi) is 6.74. The van der Waals surface area contributed by atoms with Crippen molar-refractivity contribution in [2.75, 3.05) is 11.5 Å². The summed E-state index contributed by atoms with van der Waals surface area (Å²) >= 11 is 1.43. The van der Waals surface area contributed by atoms with Gasteiger partial charge in [-0.25, -0.2) is 0 Å². The van der Waals surface area contributed by atoms with Gasteiger partial charge in [-0.15, -0.1) is 0 Å². The minimum Gasteiger partial charge on any atom is -0.291 e. The summed E-state index contributed by atoms with van der Waals surface area (Å²) in [6, 6.07) is 5.90. The predicted octanol–water partition coefficient (Wildman–Crippen LogP) is 1.52. The number of hydrogen-bond donors (Lipinski definition) is 0. The quantitative estimate of drug-likeness (QED) is 0.388. The van der Waals surface area contributed by atoms with Gasteiger partial charge in [0, 0.05) is 35.5 Å². The van der Waals surface area contributed by atoms with Crippen LogP contribution in [0.2, 0.25) is 0 Å². The van der Waals surface area contributed by atoms with Crippen LogP contribution in [-0.4, -0.2) is 35.6 Å². The standard InChI is InChI=1S/C14H12O4S/c15-6-2-7-19-8-5-13(17)14(18)12-4-1-3-11(9-12)10-16/h1,3-4,9H,2,5,7-8H2. The van der Waals surface area contributed by atoms with Crippen molar-refractivity contribution in [1.29, 1.82) is 0 Å². The van der Waals surface area contributed by atoms with E-state index in [-0.39, 0.29) is 17.5 Å². The van der Waals surface area contributed by atoms with E-state index in [0.29, 0.717) is 17.9 Å². The monoisotopic (exact) mass is 276 g/mol. The first kappa shape index (κ1) is 15.3. The Morgan fingerprint density at radius 2 is 1.95 bits per heavy atom. The average Bonchev–Trinajstić information content (AvgIpc) is 2.46. The molecule has 19 heavy (non-hydrogen) atoms. The number of thioether (sulfide) groups is 1. The molecule has 1 aromatic carbocycles. The van der Waals surface area contributed by atoms with E-state index < -0.39 is 11.6 Å². The van der Waals surface area contributed by atoms with Gasteiger partial charge in [-0.05, 0) is 6.07 Å². The van der Waals surface area contributed by atoms with Crippen LogP contribution in [0.4, 0.5) is 0 Å². The highest BCUT2D eigenvalue weighted by Gasteiger charge is 2.15. The van der Waals surface area contributed by atoms with Gasteiger partial charge in [0.25, 0.3) is 0 Å². The zero-order valence-electron chi connectivity index (χ0n) is 10.2. The Bertz CT molecular complexity index is 482. The van der Waals surface area contributed by atoms with Gasteiger partial charge >= 0.3 is 0 Å². The van der Waals surface area contributed by atoms with Crippen molar-refractivity contribution in [3.8, 4) is 0 Å². The largest absolute Gasteiger partial charge is 0.291 e. The topological polar surface area (TPSA) is 68.3 Å². The Morgan fingerprint density at radius 1 is 1.16 bits per heavy atom. The van der Waals surface area contributed by atoms with Crippen LogP contribution in [0.3, 0.4) is 0 Å². The molecule has 0 saturated carbocycles. The fourth-order valence-corrected chi connectivity index (χ4v) is 2.14. The minimum atomic E-state index is -0.598. The molecule has 0 amide bonds. The van der Waals surface area contributed by atoms with Crippen molar-refractivity contribution >= 4 is 35.9 Å². The van der Waals surface area contributed by atoms with E-state index in [1.807, 2.05) is 0 Å². The van der Waals surface area contributed by atoms with Gasteiger partial charge in [0.15, 0.2) is 6.29 Å². The van der Waals surface area contributed by atoms with Crippen LogP contribution >= 0.6 is 11.8 Å². The first-order valence-corrected chi connectivity index (χ1v) is 6.83. The predicted molar refractivity (Wildman–Crippen MR) is 72.8 cm³/mol. The van der Waals surface area contributed by atoms with Crippen molar-refractivity contribution in [3.63, 3.8) is 0 Å². The van der Waals surface area contributed by atoms with E-state index in [9.17, 15) is 19.2 Å². The number of hydrogen-bond acceptors (Lipinski definition) is 5. The van der Waals surface area contributed by atoms with Crippen molar-refractivity contribution in [2.24, 2.45) is 0 Å². The van der Waals surface area contributed by atoms with E-state index >= 15 is 0 Å². The second-order valence-electron chi connectivity index (χ2n) is 3.69. The first-order valence-electron chi connectivity index (χ1n) is 5.67. The molecule has 1 aromatic rings. The van der Waals surface area contributed by atoms with Crippen molar-refractivity contribution in [1.82, 2.24) is 0 Å². The van der Waals surface area contributed by atoms with Crippen LogP contribution in [0.15, 0.2) is 24.3 Å². The molecule has 0 aromatic heterocycles. The molecule has 0 aliphatic carbocycles. The normalized spacial score (nSPS) is 9.89. The molecule has 0 aliphatic rings. The minimum absolute atomic E-state index is 0.122. The van der Waals surface area contributed by atoms with Gasteiger partial charge in [-0.2, -0.15) is 11.8 Å². The molecule has 5 heteroatoms. The Morgan fingerprint density at radius 3 is 2.63 bits per heavy atom. The van der Waals surface area contributed by atoms with Crippen LogP contribution in [-0.2, 0) is 14.4 Å². The molecule has 0 heterocycles. The zero-order chi connectivity index (χ0) is 14.1. The summed E-state index contributed by atoms with van der Waals surface area (Å²) < 4.78 is 0. The lowest BCUT2D eigenvalue weighted by Gasteiger charge is -2.01. The van der Waals surface area contributed by atoms with Crippen molar-refractivity contribution in [3.05, 3.63) is 35.4 Å². The second-order valence-corrected chi connectivity index (χ2v) is 4.92. The van der Waals surface area contributed by atoms with E-state index in [1.54, 1.807) is 12.6 Å². The summed E-state index contributed by atoms with van der Waals surface area (Å²) in [6.07, 6.45) is 3.88. The maximum atomic E-state index is 11.8. The average molecular weight is 276 g/mol. The fourth-order valence-electron chi connectivity index (χ4n) is 1.38. The highest BCUT2D eigenvalue weighted by atomic mass is 32.2. The van der Waals surface area contributed by atoms with Crippen molar-refractivity contribution in [2.45, 2.75) is 12.8 Å². The summed E-state index contributed by atoms with van der Waals surface area (Å²) in [4.78, 5) is 43.9. The maximum Gasteiger partial charge on any atom is 0.233 e. The SMILES string of the molecule is O=[C]CCSCCC(=O)C(=O)c1cccc([C]=O)c1. The lowest BCUT2D eigenvalue weighted by molar-refractivity contribution is -0.114. The lowest BCUT2D eigenvalue weighted by Crippen LogP contribution is -2.15. The summed E-state index contributed by atoms with van der Waals surface area (Å²) in [5.74, 6) is -0.00274. The molecule has 0 atom stereocenters. The lowest BCUT2D eigenvalue weighted by atomic mass is 10.0. The van der Waals surface area contributed by atoms with Crippen molar-refractivity contribution < 1.29 is 19.2 Å². The summed E-state index contributed by atoms with van der Waals surface area (Å²) in [6.45, 7) is 0. The third-order valence-corrected chi connectivity index (χ3v) is 3.30. The van der Waals surface area contributed by atoms with Crippen LogP contribution < -0.4 is 0 Å². The summed E-state index contributed by atoms with van der Waals surface area (Å²) in [7, 11) is 0. The van der Waals surface area contributed by atoms with Crippen LogP contribution in [0.5, 0.6) is 0 Å². The number of Topliss-reactive ketones (excluding diaryl/α,β-unsaturated/α-hetero) is 2. The maximum absolute atomic E-state index is 11.8. The number of carbonyl (C=O) groups is 2. The zero-order valence-corrected chi connectivity index (χ0v) is 11.0. The molecule has 0 saturated heterocycles. The van der Waals surface area contributed by atoms with Crippen LogP contribution in [0.25, 0.3) is 0 Å². The van der Waals surface area contributed by atoms with Gasteiger partial charge in [0.2, 0.25) is 17.9 Å². The van der Waals surface area contributed by atoms with Gasteiger partial charge in [-0.3, -0.25) is 19.2 Å². The molecular weight excluding hydrogens is 264 g/mol. The van der Waals surface area contributed by atoms with Gasteiger partial charge in [0.05, 0.1) is 0 Å². The second kappa shape index (κ2) is 8.37. The molecule has 2 radical (unpaired) electrons. The third kappa shape index (κ3) is 5.18. The summed E-state index contributed by atoms with van der Waals surface area (Å²) in [5.41, 5.74) is 0.451. The Labute approximate surface area is 115 Å². The number of benzene rings is 1. The summed E-state index contributed by atoms with van der Waals surface area (Å²) in [5, 5.41) is 0. The molecule has 0 unspecified atom stereocenters. The molecule has 0 aliphatic heterocycles. The molecule has 0 bridgehead atoms. The molecule has 1 rings (SSSR count). The highest BCUT2D eigenvalue weighted by Crippen LogP contribution is 2.09. The van der Waals surface area contributed by atoms with E-state index in [0.717, 1.165) is 0 Å². The highest BCUT2D eigenvalue weighted by molar-refractivity contribution is 7.99. The Hall–Kier alpha value is -1.75. The molecular formula is C14H12O4S.